The fourth-order valence-corrected chi connectivity index (χ4v) is 4.99. The summed E-state index contributed by atoms with van der Waals surface area (Å²) in [7, 11) is -2.11. The van der Waals surface area contributed by atoms with Gasteiger partial charge in [0.25, 0.3) is 0 Å². The zero-order chi connectivity index (χ0) is 25.7. The van der Waals surface area contributed by atoms with Crippen molar-refractivity contribution in [3.8, 4) is 5.75 Å². The van der Waals surface area contributed by atoms with Crippen molar-refractivity contribution in [1.82, 2.24) is 4.90 Å². The van der Waals surface area contributed by atoms with Crippen LogP contribution in [0.2, 0.25) is 18.1 Å². The molecule has 3 rings (SSSR count). The summed E-state index contributed by atoms with van der Waals surface area (Å²) in [5.74, 6) is -0.341. The molecule has 0 radical (unpaired) electrons. The summed E-state index contributed by atoms with van der Waals surface area (Å²) in [6.45, 7) is 20.7. The fourth-order valence-electron chi connectivity index (χ4n) is 3.96. The molecule has 8 heteroatoms. The van der Waals surface area contributed by atoms with E-state index in [-0.39, 0.29) is 29.9 Å². The Balaban J connectivity index is 1.93. The summed E-state index contributed by atoms with van der Waals surface area (Å²) in [5, 5.41) is 0.00909. The van der Waals surface area contributed by atoms with Gasteiger partial charge in [-0.15, -0.1) is 0 Å². The predicted molar refractivity (Wildman–Crippen MR) is 133 cm³/mol. The second kappa shape index (κ2) is 8.95. The van der Waals surface area contributed by atoms with Crippen LogP contribution in [-0.4, -0.2) is 49.3 Å². The van der Waals surface area contributed by atoms with E-state index in [0.717, 1.165) is 16.9 Å². The summed E-state index contributed by atoms with van der Waals surface area (Å²) in [6.07, 6.45) is -0.397. The van der Waals surface area contributed by atoms with E-state index in [1.54, 1.807) is 20.8 Å². The van der Waals surface area contributed by atoms with Gasteiger partial charge in [0, 0.05) is 31.7 Å². The highest BCUT2D eigenvalue weighted by Crippen LogP contribution is 2.41. The molecule has 190 valence electrons. The van der Waals surface area contributed by atoms with Crippen LogP contribution < -0.4 is 4.74 Å². The summed E-state index contributed by atoms with van der Waals surface area (Å²) >= 11 is 0. The number of carbonyl (C=O) groups is 2. The van der Waals surface area contributed by atoms with Gasteiger partial charge in [-0.25, -0.2) is 9.69 Å². The van der Waals surface area contributed by atoms with Crippen LogP contribution in [0.1, 0.15) is 78.9 Å². The van der Waals surface area contributed by atoms with Gasteiger partial charge >= 0.3 is 6.09 Å². The quantitative estimate of drug-likeness (QED) is 0.483. The van der Waals surface area contributed by atoms with Gasteiger partial charge in [0.15, 0.2) is 8.32 Å². The highest BCUT2D eigenvalue weighted by atomic mass is 28.4. The van der Waals surface area contributed by atoms with E-state index in [4.69, 9.17) is 18.6 Å². The molecule has 2 atom stereocenters. The minimum absolute atomic E-state index is 0.00909. The lowest BCUT2D eigenvalue weighted by molar-refractivity contribution is -0.180. The van der Waals surface area contributed by atoms with Gasteiger partial charge in [-0.05, 0) is 56.6 Å². The van der Waals surface area contributed by atoms with Gasteiger partial charge in [0.2, 0.25) is 11.7 Å². The number of likely N-dealkylation sites (tertiary alicyclic amines) is 1. The first kappa shape index (κ1) is 26.7. The number of hydrogen-bond donors (Lipinski definition) is 0. The van der Waals surface area contributed by atoms with Crippen molar-refractivity contribution in [1.29, 1.82) is 0 Å². The maximum absolute atomic E-state index is 13.1. The SMILES string of the molecule is CC(C)(C)OC(=O)N1C(=O)CC(c2ccc3c(c2)COC(C)(C)O3)C1CO[Si](C)(C)C(C)(C)C. The lowest BCUT2D eigenvalue weighted by Crippen LogP contribution is -2.49. The maximum Gasteiger partial charge on any atom is 0.417 e. The standard InChI is InChI=1S/C26H41NO6Si/c1-24(2,3)33-23(29)27-20(16-31-34(9,10)25(4,5)6)19(14-22(27)28)17-11-12-21-18(13-17)15-30-26(7,8)32-21/h11-13,19-20H,14-16H2,1-10H3. The molecule has 1 aromatic rings. The molecule has 0 spiro atoms. The molecule has 2 unspecified atom stereocenters. The summed E-state index contributed by atoms with van der Waals surface area (Å²) < 4.78 is 23.9. The molecule has 0 saturated carbocycles. The van der Waals surface area contributed by atoms with Gasteiger partial charge < -0.3 is 18.6 Å². The molecule has 0 aliphatic carbocycles. The molecule has 1 fully saturated rings. The van der Waals surface area contributed by atoms with E-state index in [0.29, 0.717) is 6.61 Å². The third-order valence-corrected chi connectivity index (χ3v) is 11.4. The van der Waals surface area contributed by atoms with Crippen molar-refractivity contribution in [2.45, 2.75) is 110 Å². The number of amides is 2. The Bertz CT molecular complexity index is 944. The average molecular weight is 492 g/mol. The van der Waals surface area contributed by atoms with Crippen LogP contribution in [-0.2, 0) is 25.3 Å². The van der Waals surface area contributed by atoms with Crippen molar-refractivity contribution < 1.29 is 28.2 Å². The van der Waals surface area contributed by atoms with Crippen molar-refractivity contribution in [3.63, 3.8) is 0 Å². The zero-order valence-corrected chi connectivity index (χ0v) is 23.4. The Kier molecular flexibility index (Phi) is 7.03. The number of rotatable bonds is 4. The number of carbonyl (C=O) groups excluding carboxylic acids is 2. The van der Waals surface area contributed by atoms with Crippen LogP contribution in [0.15, 0.2) is 18.2 Å². The van der Waals surface area contributed by atoms with Gasteiger partial charge in [0.1, 0.15) is 11.4 Å². The Labute approximate surface area is 205 Å². The van der Waals surface area contributed by atoms with Crippen LogP contribution in [0.25, 0.3) is 0 Å². The summed E-state index contributed by atoms with van der Waals surface area (Å²) in [4.78, 5) is 27.5. The number of imide groups is 1. The molecule has 2 heterocycles. The number of hydrogen-bond acceptors (Lipinski definition) is 6. The molecule has 1 aromatic carbocycles. The first-order valence-corrected chi connectivity index (χ1v) is 15.0. The van der Waals surface area contributed by atoms with E-state index in [1.165, 1.54) is 4.90 Å². The molecular weight excluding hydrogens is 450 g/mol. The Morgan fingerprint density at radius 2 is 1.82 bits per heavy atom. The second-order valence-corrected chi connectivity index (χ2v) is 17.2. The average Bonchev–Trinajstić information content (AvgIpc) is 2.99. The van der Waals surface area contributed by atoms with Crippen molar-refractivity contribution in [2.75, 3.05) is 6.61 Å². The normalized spacial score (nSPS) is 22.9. The molecule has 0 aromatic heterocycles. The van der Waals surface area contributed by atoms with E-state index >= 15 is 0 Å². The zero-order valence-electron chi connectivity index (χ0n) is 22.4. The molecular formula is C26H41NO6Si. The van der Waals surface area contributed by atoms with E-state index in [2.05, 4.69) is 33.9 Å². The molecule has 7 nitrogen and oxygen atoms in total. The van der Waals surface area contributed by atoms with E-state index < -0.39 is 31.8 Å². The van der Waals surface area contributed by atoms with Crippen molar-refractivity contribution in [2.24, 2.45) is 0 Å². The highest BCUT2D eigenvalue weighted by molar-refractivity contribution is 6.74. The monoisotopic (exact) mass is 491 g/mol. The Morgan fingerprint density at radius 1 is 1.18 bits per heavy atom. The Morgan fingerprint density at radius 3 is 2.41 bits per heavy atom. The van der Waals surface area contributed by atoms with Crippen LogP contribution >= 0.6 is 0 Å². The van der Waals surface area contributed by atoms with Crippen LogP contribution in [0.3, 0.4) is 0 Å². The van der Waals surface area contributed by atoms with Gasteiger partial charge in [-0.2, -0.15) is 0 Å². The van der Waals surface area contributed by atoms with E-state index in [1.807, 2.05) is 32.0 Å². The minimum Gasteiger partial charge on any atom is -0.463 e. The fraction of sp³-hybridized carbons (Fsp3) is 0.692. The largest absolute Gasteiger partial charge is 0.463 e. The third kappa shape index (κ3) is 5.83. The molecule has 2 aliphatic rings. The number of ether oxygens (including phenoxy) is 3. The van der Waals surface area contributed by atoms with Crippen molar-refractivity contribution in [3.05, 3.63) is 29.3 Å². The predicted octanol–water partition coefficient (Wildman–Crippen LogP) is 5.97. The van der Waals surface area contributed by atoms with Gasteiger partial charge in [-0.1, -0.05) is 26.8 Å². The first-order valence-electron chi connectivity index (χ1n) is 12.0. The molecule has 2 amide bonds. The van der Waals surface area contributed by atoms with Crippen LogP contribution in [0, 0.1) is 0 Å². The number of benzene rings is 1. The second-order valence-electron chi connectivity index (χ2n) is 12.4. The van der Waals surface area contributed by atoms with Crippen LogP contribution in [0.5, 0.6) is 5.75 Å². The number of nitrogens with zero attached hydrogens (tertiary/aromatic N) is 1. The summed E-state index contributed by atoms with van der Waals surface area (Å²) in [6, 6.07) is 5.49. The highest BCUT2D eigenvalue weighted by Gasteiger charge is 2.48. The molecule has 34 heavy (non-hydrogen) atoms. The van der Waals surface area contributed by atoms with Gasteiger partial charge in [-0.3, -0.25) is 4.79 Å². The third-order valence-electron chi connectivity index (χ3n) is 6.91. The lowest BCUT2D eigenvalue weighted by Gasteiger charge is -2.38. The molecule has 0 bridgehead atoms. The molecule has 1 saturated heterocycles. The minimum atomic E-state index is -2.11. The van der Waals surface area contributed by atoms with Gasteiger partial charge in [0.05, 0.1) is 19.3 Å². The maximum atomic E-state index is 13.1. The molecule has 0 N–H and O–H groups in total. The van der Waals surface area contributed by atoms with Crippen molar-refractivity contribution >= 4 is 20.3 Å². The Hall–Kier alpha value is -1.90. The smallest absolute Gasteiger partial charge is 0.417 e. The topological polar surface area (TPSA) is 74.3 Å². The summed E-state index contributed by atoms with van der Waals surface area (Å²) in [5.41, 5.74) is 1.20. The lowest BCUT2D eigenvalue weighted by atomic mass is 9.90. The first-order chi connectivity index (χ1) is 15.4. The number of fused-ring (bicyclic) bond motifs is 1. The molecule has 2 aliphatic heterocycles. The van der Waals surface area contributed by atoms with E-state index in [9.17, 15) is 9.59 Å². The van der Waals surface area contributed by atoms with Crippen LogP contribution in [0.4, 0.5) is 4.79 Å².